The molecule has 0 bridgehead atoms. The molecule has 1 aliphatic heterocycles. The highest BCUT2D eigenvalue weighted by Crippen LogP contribution is 2.27. The molecule has 6 nitrogen and oxygen atoms in total. The van der Waals surface area contributed by atoms with Crippen molar-refractivity contribution < 1.29 is 4.79 Å². The van der Waals surface area contributed by atoms with Crippen molar-refractivity contribution in [2.45, 2.75) is 64.5 Å². The minimum Gasteiger partial charge on any atom is -0.388 e. The van der Waals surface area contributed by atoms with Crippen LogP contribution in [0.5, 0.6) is 0 Å². The van der Waals surface area contributed by atoms with Crippen molar-refractivity contribution in [2.75, 3.05) is 43.9 Å². The quantitative estimate of drug-likeness (QED) is 0.568. The zero-order valence-corrected chi connectivity index (χ0v) is 19.1. The minimum absolute atomic E-state index is 0.0376. The summed E-state index contributed by atoms with van der Waals surface area (Å²) in [7, 11) is 3.92. The lowest BCUT2D eigenvalue weighted by Crippen LogP contribution is -2.48. The van der Waals surface area contributed by atoms with E-state index in [1.54, 1.807) is 0 Å². The lowest BCUT2D eigenvalue weighted by molar-refractivity contribution is -0.115. The molecule has 0 spiro atoms. The highest BCUT2D eigenvalue weighted by molar-refractivity contribution is 6.45. The molecule has 0 radical (unpaired) electrons. The van der Waals surface area contributed by atoms with Gasteiger partial charge in [-0.2, -0.15) is 0 Å². The van der Waals surface area contributed by atoms with E-state index in [9.17, 15) is 4.79 Å². The molecule has 1 aromatic rings. The highest BCUT2D eigenvalue weighted by atomic mass is 16.1. The monoisotopic (exact) mass is 413 g/mol. The van der Waals surface area contributed by atoms with Crippen LogP contribution in [-0.4, -0.2) is 62.3 Å². The van der Waals surface area contributed by atoms with Crippen LogP contribution in [0, 0.1) is 11.3 Å². The van der Waals surface area contributed by atoms with E-state index in [1.165, 1.54) is 25.7 Å². The summed E-state index contributed by atoms with van der Waals surface area (Å²) in [6.45, 7) is 7.47. The van der Waals surface area contributed by atoms with Crippen LogP contribution in [0.15, 0.2) is 18.2 Å². The van der Waals surface area contributed by atoms with Gasteiger partial charge in [0.25, 0.3) is 5.91 Å². The van der Waals surface area contributed by atoms with Crippen LogP contribution in [0.25, 0.3) is 0 Å². The van der Waals surface area contributed by atoms with Gasteiger partial charge in [-0.1, -0.05) is 26.7 Å². The second-order valence-electron chi connectivity index (χ2n) is 9.35. The third kappa shape index (κ3) is 5.54. The van der Waals surface area contributed by atoms with Gasteiger partial charge < -0.3 is 20.4 Å². The van der Waals surface area contributed by atoms with E-state index in [0.717, 1.165) is 49.9 Å². The predicted molar refractivity (Wildman–Crippen MR) is 126 cm³/mol. The fourth-order valence-corrected chi connectivity index (χ4v) is 4.91. The lowest BCUT2D eigenvalue weighted by atomic mass is 10.0. The number of likely N-dealkylation sites (tertiary alicyclic amines) is 1. The first-order chi connectivity index (χ1) is 14.4. The number of carbonyl (C=O) groups is 1. The molecule has 1 aromatic carbocycles. The van der Waals surface area contributed by atoms with Gasteiger partial charge in [-0.25, -0.2) is 0 Å². The third-order valence-electron chi connectivity index (χ3n) is 6.55. The number of benzene rings is 1. The van der Waals surface area contributed by atoms with E-state index < -0.39 is 0 Å². The van der Waals surface area contributed by atoms with Gasteiger partial charge in [0, 0.05) is 62.8 Å². The number of anilines is 2. The normalized spacial score (nSPS) is 18.6. The third-order valence-corrected chi connectivity index (χ3v) is 6.55. The van der Waals surface area contributed by atoms with Gasteiger partial charge in [0.05, 0.1) is 0 Å². The van der Waals surface area contributed by atoms with E-state index in [4.69, 9.17) is 5.41 Å². The number of rotatable bonds is 8. The summed E-state index contributed by atoms with van der Waals surface area (Å²) in [5, 5.41) is 14.8. The lowest BCUT2D eigenvalue weighted by Gasteiger charge is -2.36. The highest BCUT2D eigenvalue weighted by Gasteiger charge is 2.28. The molecule has 3 rings (SSSR count). The number of piperidine rings is 1. The molecule has 6 heteroatoms. The second-order valence-corrected chi connectivity index (χ2v) is 9.35. The van der Waals surface area contributed by atoms with Gasteiger partial charge in [0.2, 0.25) is 0 Å². The van der Waals surface area contributed by atoms with Crippen LogP contribution in [0.2, 0.25) is 0 Å². The van der Waals surface area contributed by atoms with E-state index in [-0.39, 0.29) is 17.7 Å². The predicted octanol–water partition coefficient (Wildman–Crippen LogP) is 3.71. The zero-order chi connectivity index (χ0) is 21.7. The fraction of sp³-hybridized carbons (Fsp3) is 0.667. The minimum atomic E-state index is -0.269. The Morgan fingerprint density at radius 3 is 2.47 bits per heavy atom. The number of nitrogens with zero attached hydrogens (tertiary/aromatic N) is 2. The van der Waals surface area contributed by atoms with Crippen molar-refractivity contribution in [3.8, 4) is 0 Å². The molecule has 0 aromatic heterocycles. The van der Waals surface area contributed by atoms with E-state index >= 15 is 0 Å². The van der Waals surface area contributed by atoms with Crippen LogP contribution in [0.4, 0.5) is 11.4 Å². The molecule has 1 amide bonds. The zero-order valence-electron chi connectivity index (χ0n) is 19.1. The van der Waals surface area contributed by atoms with Gasteiger partial charge in [-0.15, -0.1) is 0 Å². The van der Waals surface area contributed by atoms with Crippen molar-refractivity contribution in [3.05, 3.63) is 23.8 Å². The maximum absolute atomic E-state index is 12.8. The van der Waals surface area contributed by atoms with Crippen LogP contribution >= 0.6 is 0 Å². The number of nitrogens with one attached hydrogen (secondary N) is 3. The Kier molecular flexibility index (Phi) is 7.75. The van der Waals surface area contributed by atoms with Crippen LogP contribution in [-0.2, 0) is 4.79 Å². The smallest absolute Gasteiger partial charge is 0.270 e. The standard InChI is InChI=1S/C24H39N5O/c1-17(2)16-28(4)20-9-10-21(22(15-20)26-3)23(25)24(30)27-18-11-13-29(14-12-18)19-7-5-6-8-19/h9-10,15,17-19,25-26H,5-8,11-14,16H2,1-4H3,(H,27,30). The second kappa shape index (κ2) is 10.3. The molecular weight excluding hydrogens is 374 g/mol. The maximum atomic E-state index is 12.8. The summed E-state index contributed by atoms with van der Waals surface area (Å²) in [5.41, 5.74) is 2.60. The van der Waals surface area contributed by atoms with Gasteiger partial charge in [-0.3, -0.25) is 10.2 Å². The maximum Gasteiger partial charge on any atom is 0.270 e. The van der Waals surface area contributed by atoms with Crippen LogP contribution in [0.3, 0.4) is 0 Å². The summed E-state index contributed by atoms with van der Waals surface area (Å²) >= 11 is 0. The molecule has 3 N–H and O–H groups in total. The first-order valence-electron chi connectivity index (χ1n) is 11.6. The summed E-state index contributed by atoms with van der Waals surface area (Å²) in [6.07, 6.45) is 7.34. The van der Waals surface area contributed by atoms with Gasteiger partial charge in [0.1, 0.15) is 5.71 Å². The molecule has 166 valence electrons. The Bertz CT molecular complexity index is 733. The number of carbonyl (C=O) groups excluding carboxylic acids is 1. The summed E-state index contributed by atoms with van der Waals surface area (Å²) < 4.78 is 0. The molecule has 1 aliphatic carbocycles. The van der Waals surface area contributed by atoms with Crippen molar-refractivity contribution in [3.63, 3.8) is 0 Å². The largest absolute Gasteiger partial charge is 0.388 e. The Labute approximate surface area is 181 Å². The van der Waals surface area contributed by atoms with E-state index in [0.29, 0.717) is 11.5 Å². The summed E-state index contributed by atoms with van der Waals surface area (Å²) in [4.78, 5) is 17.6. The summed E-state index contributed by atoms with van der Waals surface area (Å²) in [6, 6.07) is 6.85. The molecule has 0 atom stereocenters. The Morgan fingerprint density at radius 2 is 1.87 bits per heavy atom. The molecular formula is C24H39N5O. The number of amides is 1. The molecule has 0 unspecified atom stereocenters. The van der Waals surface area contributed by atoms with Gasteiger partial charge >= 0.3 is 0 Å². The number of hydrogen-bond acceptors (Lipinski definition) is 5. The first-order valence-corrected chi connectivity index (χ1v) is 11.6. The topological polar surface area (TPSA) is 71.5 Å². The Balaban J connectivity index is 1.58. The number of hydrogen-bond donors (Lipinski definition) is 3. The van der Waals surface area contributed by atoms with Crippen molar-refractivity contribution in [2.24, 2.45) is 5.92 Å². The fourth-order valence-electron chi connectivity index (χ4n) is 4.91. The van der Waals surface area contributed by atoms with Crippen LogP contribution < -0.4 is 15.5 Å². The van der Waals surface area contributed by atoms with Gasteiger partial charge in [-0.05, 0) is 49.8 Å². The first kappa shape index (κ1) is 22.6. The summed E-state index contributed by atoms with van der Waals surface area (Å²) in [5.74, 6) is 0.297. The SMILES string of the molecule is CNc1cc(N(C)CC(C)C)ccc1C(=N)C(=O)NC1CCN(C2CCCC2)CC1. The average Bonchev–Trinajstić information content (AvgIpc) is 3.27. The molecule has 2 fully saturated rings. The van der Waals surface area contributed by atoms with E-state index in [2.05, 4.69) is 41.3 Å². The van der Waals surface area contributed by atoms with Crippen molar-refractivity contribution in [1.29, 1.82) is 5.41 Å². The molecule has 1 saturated carbocycles. The molecule has 30 heavy (non-hydrogen) atoms. The van der Waals surface area contributed by atoms with Crippen LogP contribution in [0.1, 0.15) is 57.9 Å². The van der Waals surface area contributed by atoms with Crippen molar-refractivity contribution in [1.82, 2.24) is 10.2 Å². The molecule has 1 heterocycles. The molecule has 2 aliphatic rings. The van der Waals surface area contributed by atoms with Gasteiger partial charge in [0.15, 0.2) is 0 Å². The Morgan fingerprint density at radius 1 is 1.20 bits per heavy atom. The van der Waals surface area contributed by atoms with Crippen molar-refractivity contribution >= 4 is 23.0 Å². The molecule has 1 saturated heterocycles. The van der Waals surface area contributed by atoms with E-state index in [1.807, 2.05) is 25.2 Å². The Hall–Kier alpha value is -2.08. The average molecular weight is 414 g/mol.